The van der Waals surface area contributed by atoms with Crippen molar-refractivity contribution >= 4 is 48.9 Å². The minimum atomic E-state index is 0. The van der Waals surface area contributed by atoms with Crippen molar-refractivity contribution in [3.63, 3.8) is 0 Å². The largest absolute Gasteiger partial charge is 2.00 e. The van der Waals surface area contributed by atoms with Gasteiger partial charge in [0.05, 0.1) is 0 Å². The van der Waals surface area contributed by atoms with Crippen LogP contribution in [0.15, 0.2) is 0 Å². The Bertz CT molecular complexity index is 4.85. The van der Waals surface area contributed by atoms with Crippen LogP contribution in [0.5, 0.6) is 0 Å². The van der Waals surface area contributed by atoms with Crippen molar-refractivity contribution in [3.05, 3.63) is 0 Å². The second-order valence-corrected chi connectivity index (χ2v) is 0. The van der Waals surface area contributed by atoms with E-state index in [1.165, 1.54) is 0 Å². The van der Waals surface area contributed by atoms with E-state index in [-0.39, 0.29) is 107 Å². The SMILES string of the molecule is [Sb].[Sb].[Zn+2].[Zn+2].[Zn+2]. The van der Waals surface area contributed by atoms with Gasteiger partial charge in [0, 0.05) is 48.9 Å². The van der Waals surface area contributed by atoms with Crippen LogP contribution in [0.3, 0.4) is 0 Å². The summed E-state index contributed by atoms with van der Waals surface area (Å²) in [5.41, 5.74) is 0. The molecule has 0 atom stereocenters. The normalized spacial score (nSPS) is 0. The van der Waals surface area contributed by atoms with Crippen molar-refractivity contribution in [2.45, 2.75) is 0 Å². The van der Waals surface area contributed by atoms with Gasteiger partial charge >= 0.3 is 58.4 Å². The molecule has 0 aliphatic heterocycles. The predicted molar refractivity (Wildman–Crippen MR) is 11.5 cm³/mol. The van der Waals surface area contributed by atoms with E-state index in [4.69, 9.17) is 0 Å². The first-order valence-corrected chi connectivity index (χ1v) is 0. The molecule has 0 aliphatic rings. The Morgan fingerprint density at radius 1 is 0.400 bits per heavy atom. The Morgan fingerprint density at radius 2 is 0.400 bits per heavy atom. The van der Waals surface area contributed by atoms with Crippen LogP contribution in [-0.4, -0.2) is 48.9 Å². The average Bonchev–Trinajstić information content (AvgIpc) is 0. The summed E-state index contributed by atoms with van der Waals surface area (Å²) in [7, 11) is 0. The minimum absolute atomic E-state index is 0. The molecule has 0 aliphatic carbocycles. The van der Waals surface area contributed by atoms with Gasteiger partial charge < -0.3 is 0 Å². The van der Waals surface area contributed by atoms with Crippen LogP contribution < -0.4 is 0 Å². The van der Waals surface area contributed by atoms with Gasteiger partial charge in [-0.15, -0.1) is 0 Å². The molecule has 0 unspecified atom stereocenters. The molecule has 0 aromatic carbocycles. The van der Waals surface area contributed by atoms with Gasteiger partial charge in [0.25, 0.3) is 0 Å². The van der Waals surface area contributed by atoms with E-state index >= 15 is 0 Å². The predicted octanol–water partition coefficient (Wildman–Crippen LogP) is -0.769. The Hall–Kier alpha value is 3.51. The number of hydrogen-bond acceptors (Lipinski definition) is 0. The molecule has 6 radical (unpaired) electrons. The Labute approximate surface area is 105 Å². The zero-order valence-electron chi connectivity index (χ0n) is 3.02. The number of rotatable bonds is 0. The molecule has 0 fully saturated rings. The molecule has 0 aromatic rings. The van der Waals surface area contributed by atoms with Crippen molar-refractivity contribution in [2.24, 2.45) is 0 Å². The molecule has 5 heavy (non-hydrogen) atoms. The van der Waals surface area contributed by atoms with Gasteiger partial charge in [-0.2, -0.15) is 0 Å². The summed E-state index contributed by atoms with van der Waals surface area (Å²) < 4.78 is 0. The summed E-state index contributed by atoms with van der Waals surface area (Å²) in [6.45, 7) is 0. The van der Waals surface area contributed by atoms with E-state index in [0.29, 0.717) is 0 Å². The van der Waals surface area contributed by atoms with Gasteiger partial charge in [-0.1, -0.05) is 0 Å². The fourth-order valence-electron chi connectivity index (χ4n) is 0. The van der Waals surface area contributed by atoms with Crippen molar-refractivity contribution < 1.29 is 58.4 Å². The standard InChI is InChI=1S/2Sb.3Zn/q;;3*+2. The van der Waals surface area contributed by atoms with Crippen LogP contribution in [0, 0.1) is 0 Å². The molecule has 0 heterocycles. The third-order valence-corrected chi connectivity index (χ3v) is 0. The summed E-state index contributed by atoms with van der Waals surface area (Å²) in [6.07, 6.45) is 0. The first-order chi connectivity index (χ1) is 0. The molecular formula is Sb2Zn3+6. The van der Waals surface area contributed by atoms with Crippen molar-refractivity contribution in [2.75, 3.05) is 0 Å². The van der Waals surface area contributed by atoms with E-state index in [2.05, 4.69) is 0 Å². The molecule has 0 aromatic heterocycles. The first-order valence-electron chi connectivity index (χ1n) is 0. The fraction of sp³-hybridized carbons (Fsp3) is 0. The molecule has 0 bridgehead atoms. The van der Waals surface area contributed by atoms with Crippen LogP contribution in [0.2, 0.25) is 0 Å². The van der Waals surface area contributed by atoms with Gasteiger partial charge in [-0.25, -0.2) is 0 Å². The molecule has 0 saturated heterocycles. The van der Waals surface area contributed by atoms with Gasteiger partial charge in [-0.05, 0) is 0 Å². The van der Waals surface area contributed by atoms with Gasteiger partial charge in [0.15, 0.2) is 0 Å². The maximum absolute atomic E-state index is 0. The van der Waals surface area contributed by atoms with Crippen LogP contribution in [0.25, 0.3) is 0 Å². The summed E-state index contributed by atoms with van der Waals surface area (Å²) in [6, 6.07) is 0. The molecule has 0 rings (SSSR count). The van der Waals surface area contributed by atoms with Crippen LogP contribution >= 0.6 is 0 Å². The zero-order chi connectivity index (χ0) is 0. The summed E-state index contributed by atoms with van der Waals surface area (Å²) in [5.74, 6) is 0. The van der Waals surface area contributed by atoms with E-state index in [0.717, 1.165) is 0 Å². The van der Waals surface area contributed by atoms with Crippen molar-refractivity contribution in [1.29, 1.82) is 0 Å². The molecule has 0 saturated carbocycles. The topological polar surface area (TPSA) is 0 Å². The Kier molecular flexibility index (Phi) is 202. The second-order valence-electron chi connectivity index (χ2n) is 0. The first kappa shape index (κ1) is 39.0. The summed E-state index contributed by atoms with van der Waals surface area (Å²) >= 11 is 0. The Morgan fingerprint density at radius 3 is 0.400 bits per heavy atom. The second kappa shape index (κ2) is 25.8. The molecule has 0 N–H and O–H groups in total. The molecule has 5 heteroatoms. The van der Waals surface area contributed by atoms with E-state index in [9.17, 15) is 0 Å². The molecule has 10 valence electrons. The molecule has 0 nitrogen and oxygen atoms in total. The van der Waals surface area contributed by atoms with E-state index < -0.39 is 0 Å². The van der Waals surface area contributed by atoms with Crippen LogP contribution in [-0.2, 0) is 58.4 Å². The van der Waals surface area contributed by atoms with Crippen LogP contribution in [0.1, 0.15) is 0 Å². The molecular weight excluding hydrogens is 440 g/mol. The maximum Gasteiger partial charge on any atom is 2.00 e. The average molecular weight is 440 g/mol. The minimum Gasteiger partial charge on any atom is 0 e. The van der Waals surface area contributed by atoms with Gasteiger partial charge in [0.2, 0.25) is 0 Å². The Balaban J connectivity index is 0. The number of hydrogen-bond donors (Lipinski definition) is 0. The third-order valence-electron chi connectivity index (χ3n) is 0. The summed E-state index contributed by atoms with van der Waals surface area (Å²) in [5, 5.41) is 0. The monoisotopic (exact) mass is 434 g/mol. The molecule has 0 spiro atoms. The van der Waals surface area contributed by atoms with E-state index in [1.54, 1.807) is 0 Å². The van der Waals surface area contributed by atoms with Crippen molar-refractivity contribution in [3.8, 4) is 0 Å². The van der Waals surface area contributed by atoms with Gasteiger partial charge in [-0.3, -0.25) is 0 Å². The van der Waals surface area contributed by atoms with Gasteiger partial charge in [0.1, 0.15) is 0 Å². The van der Waals surface area contributed by atoms with E-state index in [1.807, 2.05) is 0 Å². The van der Waals surface area contributed by atoms with Crippen molar-refractivity contribution in [1.82, 2.24) is 0 Å². The third kappa shape index (κ3) is 18.5. The summed E-state index contributed by atoms with van der Waals surface area (Å²) in [4.78, 5) is 0. The fourth-order valence-corrected chi connectivity index (χ4v) is 0. The molecule has 0 amide bonds. The maximum atomic E-state index is 0. The zero-order valence-corrected chi connectivity index (χ0v) is 17.0. The van der Waals surface area contributed by atoms with Crippen LogP contribution in [0.4, 0.5) is 0 Å². The smallest absolute Gasteiger partial charge is 0 e. The quantitative estimate of drug-likeness (QED) is 0.435.